The highest BCUT2D eigenvalue weighted by atomic mass is 16.5. The number of likely N-dealkylation sites (N-methyl/N-ethyl adjacent to an activating group) is 1. The van der Waals surface area contributed by atoms with Crippen molar-refractivity contribution in [1.82, 2.24) is 5.01 Å². The molecule has 0 aliphatic carbocycles. The molecule has 5 heteroatoms. The van der Waals surface area contributed by atoms with Gasteiger partial charge in [0, 0.05) is 7.05 Å². The van der Waals surface area contributed by atoms with Gasteiger partial charge in [0.1, 0.15) is 11.8 Å². The molecule has 0 fully saturated rings. The van der Waals surface area contributed by atoms with E-state index in [0.717, 1.165) is 10.8 Å². The summed E-state index contributed by atoms with van der Waals surface area (Å²) >= 11 is 0. The molecule has 0 aliphatic rings. The molecule has 0 spiro atoms. The molecule has 0 aromatic heterocycles. The van der Waals surface area contributed by atoms with Crippen molar-refractivity contribution in [3.05, 3.63) is 29.8 Å². The molecule has 0 aliphatic heterocycles. The van der Waals surface area contributed by atoms with Crippen LogP contribution in [0.2, 0.25) is 0 Å². The Balaban J connectivity index is 2.77. The van der Waals surface area contributed by atoms with Crippen LogP contribution in [-0.2, 0) is 4.79 Å². The van der Waals surface area contributed by atoms with Crippen molar-refractivity contribution in [3.8, 4) is 5.75 Å². The van der Waals surface area contributed by atoms with Gasteiger partial charge in [0.2, 0.25) is 0 Å². The normalized spacial score (nSPS) is 12.4. The highest BCUT2D eigenvalue weighted by Gasteiger charge is 2.17. The number of amides is 1. The standard InChI is InChI=1S/C12H19N3O2/c1-8(2)17-10-6-4-9(5-7-10)11(13)12(16)15(3)14/h4-8,11H,13-14H2,1-3H3. The van der Waals surface area contributed by atoms with Gasteiger partial charge in [-0.25, -0.2) is 5.84 Å². The molecule has 17 heavy (non-hydrogen) atoms. The van der Waals surface area contributed by atoms with Crippen LogP contribution in [0.3, 0.4) is 0 Å². The zero-order valence-electron chi connectivity index (χ0n) is 10.4. The first-order valence-electron chi connectivity index (χ1n) is 5.46. The molecule has 1 amide bonds. The molecular formula is C12H19N3O2. The summed E-state index contributed by atoms with van der Waals surface area (Å²) in [5, 5.41) is 0.989. The second-order valence-corrected chi connectivity index (χ2v) is 4.16. The van der Waals surface area contributed by atoms with E-state index in [1.54, 1.807) is 24.3 Å². The molecule has 4 N–H and O–H groups in total. The van der Waals surface area contributed by atoms with Crippen molar-refractivity contribution in [2.75, 3.05) is 7.05 Å². The summed E-state index contributed by atoms with van der Waals surface area (Å²) in [7, 11) is 1.47. The van der Waals surface area contributed by atoms with E-state index in [0.29, 0.717) is 5.56 Å². The van der Waals surface area contributed by atoms with E-state index in [1.165, 1.54) is 7.05 Å². The topological polar surface area (TPSA) is 81.6 Å². The molecule has 0 saturated carbocycles. The van der Waals surface area contributed by atoms with Crippen LogP contribution in [0.15, 0.2) is 24.3 Å². The van der Waals surface area contributed by atoms with Crippen LogP contribution >= 0.6 is 0 Å². The Bertz CT molecular complexity index is 374. The van der Waals surface area contributed by atoms with Crippen molar-refractivity contribution in [1.29, 1.82) is 0 Å². The molecule has 1 aromatic carbocycles. The zero-order chi connectivity index (χ0) is 13.0. The van der Waals surface area contributed by atoms with Gasteiger partial charge in [0.05, 0.1) is 6.10 Å². The fourth-order valence-corrected chi connectivity index (χ4v) is 1.39. The van der Waals surface area contributed by atoms with Gasteiger partial charge < -0.3 is 10.5 Å². The molecule has 1 unspecified atom stereocenters. The minimum atomic E-state index is -0.738. The average Bonchev–Trinajstić information content (AvgIpc) is 2.27. The van der Waals surface area contributed by atoms with Crippen molar-refractivity contribution < 1.29 is 9.53 Å². The lowest BCUT2D eigenvalue weighted by atomic mass is 10.1. The first kappa shape index (κ1) is 13.5. The highest BCUT2D eigenvalue weighted by Crippen LogP contribution is 2.18. The third-order valence-electron chi connectivity index (χ3n) is 2.22. The van der Waals surface area contributed by atoms with Crippen LogP contribution in [0.25, 0.3) is 0 Å². The first-order valence-corrected chi connectivity index (χ1v) is 5.46. The Morgan fingerprint density at radius 3 is 2.24 bits per heavy atom. The second-order valence-electron chi connectivity index (χ2n) is 4.16. The Morgan fingerprint density at radius 2 is 1.82 bits per heavy atom. The lowest BCUT2D eigenvalue weighted by Crippen LogP contribution is -2.40. The third-order valence-corrected chi connectivity index (χ3v) is 2.22. The number of carbonyl (C=O) groups is 1. The van der Waals surface area contributed by atoms with Gasteiger partial charge in [-0.3, -0.25) is 9.80 Å². The summed E-state index contributed by atoms with van der Waals surface area (Å²) in [5.74, 6) is 5.77. The van der Waals surface area contributed by atoms with Gasteiger partial charge in [-0.15, -0.1) is 0 Å². The van der Waals surface area contributed by atoms with E-state index in [2.05, 4.69) is 0 Å². The summed E-state index contributed by atoms with van der Waals surface area (Å²) in [6.45, 7) is 3.90. The molecule has 0 bridgehead atoms. The smallest absolute Gasteiger partial charge is 0.257 e. The quantitative estimate of drug-likeness (QED) is 0.461. The Kier molecular flexibility index (Phi) is 4.48. The minimum Gasteiger partial charge on any atom is -0.491 e. The molecule has 0 radical (unpaired) electrons. The van der Waals surface area contributed by atoms with Gasteiger partial charge in [-0.2, -0.15) is 0 Å². The van der Waals surface area contributed by atoms with E-state index in [-0.39, 0.29) is 12.0 Å². The number of ether oxygens (including phenoxy) is 1. The van der Waals surface area contributed by atoms with E-state index < -0.39 is 6.04 Å². The predicted molar refractivity (Wildman–Crippen MR) is 66.1 cm³/mol. The van der Waals surface area contributed by atoms with Crippen molar-refractivity contribution in [3.63, 3.8) is 0 Å². The molecule has 5 nitrogen and oxygen atoms in total. The number of carbonyl (C=O) groups excluding carboxylic acids is 1. The lowest BCUT2D eigenvalue weighted by molar-refractivity contribution is -0.131. The number of nitrogens with zero attached hydrogens (tertiary/aromatic N) is 1. The monoisotopic (exact) mass is 237 g/mol. The van der Waals surface area contributed by atoms with Crippen LogP contribution in [0.1, 0.15) is 25.5 Å². The number of hydrazine groups is 1. The van der Waals surface area contributed by atoms with Crippen LogP contribution in [0, 0.1) is 0 Å². The van der Waals surface area contributed by atoms with Crippen LogP contribution in [-0.4, -0.2) is 24.1 Å². The average molecular weight is 237 g/mol. The molecule has 0 saturated heterocycles. The fraction of sp³-hybridized carbons (Fsp3) is 0.417. The summed E-state index contributed by atoms with van der Waals surface area (Å²) in [6, 6.07) is 6.38. The van der Waals surface area contributed by atoms with Crippen LogP contribution in [0.5, 0.6) is 5.75 Å². The number of nitrogens with two attached hydrogens (primary N) is 2. The maximum absolute atomic E-state index is 11.6. The van der Waals surface area contributed by atoms with E-state index in [9.17, 15) is 4.79 Å². The van der Waals surface area contributed by atoms with Gasteiger partial charge >= 0.3 is 0 Å². The maximum Gasteiger partial charge on any atom is 0.257 e. The summed E-state index contributed by atoms with van der Waals surface area (Å²) in [6.07, 6.45) is 0.117. The Morgan fingerprint density at radius 1 is 1.29 bits per heavy atom. The number of benzene rings is 1. The number of rotatable bonds is 4. The predicted octanol–water partition coefficient (Wildman–Crippen LogP) is 0.806. The van der Waals surface area contributed by atoms with Crippen molar-refractivity contribution in [2.45, 2.75) is 26.0 Å². The Hall–Kier alpha value is -1.59. The molecule has 1 rings (SSSR count). The zero-order valence-corrected chi connectivity index (χ0v) is 10.4. The fourth-order valence-electron chi connectivity index (χ4n) is 1.39. The SMILES string of the molecule is CC(C)Oc1ccc(C(N)C(=O)N(C)N)cc1. The molecule has 1 aromatic rings. The molecule has 0 heterocycles. The first-order chi connectivity index (χ1) is 7.91. The van der Waals surface area contributed by atoms with Gasteiger partial charge in [-0.1, -0.05) is 12.1 Å². The van der Waals surface area contributed by atoms with Crippen molar-refractivity contribution in [2.24, 2.45) is 11.6 Å². The largest absolute Gasteiger partial charge is 0.491 e. The van der Waals surface area contributed by atoms with E-state index >= 15 is 0 Å². The van der Waals surface area contributed by atoms with Crippen molar-refractivity contribution >= 4 is 5.91 Å². The third kappa shape index (κ3) is 3.72. The summed E-state index contributed by atoms with van der Waals surface area (Å²) < 4.78 is 5.50. The van der Waals surface area contributed by atoms with E-state index in [4.69, 9.17) is 16.3 Å². The van der Waals surface area contributed by atoms with Gasteiger partial charge in [0.15, 0.2) is 0 Å². The minimum absolute atomic E-state index is 0.117. The van der Waals surface area contributed by atoms with Crippen LogP contribution < -0.4 is 16.3 Å². The molecule has 94 valence electrons. The number of hydrogen-bond donors (Lipinski definition) is 2. The second kappa shape index (κ2) is 5.65. The van der Waals surface area contributed by atoms with Crippen LogP contribution in [0.4, 0.5) is 0 Å². The molecular weight excluding hydrogens is 218 g/mol. The lowest BCUT2D eigenvalue weighted by Gasteiger charge is -2.17. The Labute approximate surface area is 101 Å². The van der Waals surface area contributed by atoms with E-state index in [1.807, 2.05) is 13.8 Å². The highest BCUT2D eigenvalue weighted by molar-refractivity contribution is 5.82. The maximum atomic E-state index is 11.6. The molecule has 1 atom stereocenters. The van der Waals surface area contributed by atoms with Gasteiger partial charge in [0.25, 0.3) is 5.91 Å². The number of hydrogen-bond acceptors (Lipinski definition) is 4. The summed E-state index contributed by atoms with van der Waals surface area (Å²) in [5.41, 5.74) is 6.49. The van der Waals surface area contributed by atoms with Gasteiger partial charge in [-0.05, 0) is 31.5 Å². The summed E-state index contributed by atoms with van der Waals surface area (Å²) in [4.78, 5) is 11.6.